The van der Waals surface area contributed by atoms with Crippen LogP contribution in [0.5, 0.6) is 0 Å². The topological polar surface area (TPSA) is 87.3 Å². The molecule has 0 saturated heterocycles. The first-order valence-electron chi connectivity index (χ1n) is 7.05. The maximum absolute atomic E-state index is 12.0. The van der Waals surface area contributed by atoms with Gasteiger partial charge in [0.2, 0.25) is 0 Å². The molecule has 4 N–H and O–H groups in total. The van der Waals surface area contributed by atoms with Gasteiger partial charge in [-0.3, -0.25) is 15.6 Å². The molecule has 0 bridgehead atoms. The predicted octanol–water partition coefficient (Wildman–Crippen LogP) is 1.24. The molecule has 0 aliphatic heterocycles. The number of methoxy groups -OCH3 is 1. The van der Waals surface area contributed by atoms with Gasteiger partial charge in [0, 0.05) is 13.7 Å². The van der Waals surface area contributed by atoms with Gasteiger partial charge in [0.15, 0.2) is 10.2 Å². The van der Waals surface area contributed by atoms with Crippen molar-refractivity contribution in [2.45, 2.75) is 13.0 Å². The van der Waals surface area contributed by atoms with Crippen molar-refractivity contribution in [2.24, 2.45) is 0 Å². The lowest BCUT2D eigenvalue weighted by atomic mass is 10.3. The van der Waals surface area contributed by atoms with Crippen molar-refractivity contribution < 1.29 is 9.53 Å². The molecule has 7 nitrogen and oxygen atoms in total. The molecule has 1 heterocycles. The van der Waals surface area contributed by atoms with Crippen LogP contribution in [0.25, 0.3) is 10.2 Å². The van der Waals surface area contributed by atoms with Crippen molar-refractivity contribution in [1.82, 2.24) is 21.2 Å². The van der Waals surface area contributed by atoms with E-state index in [4.69, 9.17) is 17.0 Å². The van der Waals surface area contributed by atoms with Crippen LogP contribution >= 0.6 is 23.6 Å². The Bertz CT molecular complexity index is 643. The highest BCUT2D eigenvalue weighted by Gasteiger charge is 2.14. The number of aromatic nitrogens is 1. The van der Waals surface area contributed by atoms with E-state index >= 15 is 0 Å². The fourth-order valence-electron chi connectivity index (χ4n) is 1.72. The number of thiazole rings is 1. The maximum atomic E-state index is 12.0. The number of carbonyl (C=O) groups excluding carboxylic acids is 1. The predicted molar refractivity (Wildman–Crippen MR) is 96.5 cm³/mol. The molecule has 0 fully saturated rings. The average molecular weight is 353 g/mol. The molecule has 0 saturated carbocycles. The zero-order valence-corrected chi connectivity index (χ0v) is 14.5. The van der Waals surface area contributed by atoms with E-state index < -0.39 is 6.04 Å². The van der Waals surface area contributed by atoms with Crippen molar-refractivity contribution in [2.75, 3.05) is 25.6 Å². The van der Waals surface area contributed by atoms with Crippen LogP contribution in [0.4, 0.5) is 5.13 Å². The van der Waals surface area contributed by atoms with E-state index in [9.17, 15) is 4.79 Å². The summed E-state index contributed by atoms with van der Waals surface area (Å²) in [6.45, 7) is 2.85. The Morgan fingerprint density at radius 2 is 2.17 bits per heavy atom. The Kier molecular flexibility index (Phi) is 6.51. The molecule has 23 heavy (non-hydrogen) atoms. The van der Waals surface area contributed by atoms with Crippen molar-refractivity contribution in [1.29, 1.82) is 0 Å². The molecule has 2 aromatic rings. The Balaban J connectivity index is 1.79. The molecule has 0 aliphatic carbocycles. The van der Waals surface area contributed by atoms with Crippen molar-refractivity contribution in [3.63, 3.8) is 0 Å². The van der Waals surface area contributed by atoms with Crippen molar-refractivity contribution >= 4 is 49.9 Å². The van der Waals surface area contributed by atoms with E-state index in [1.165, 1.54) is 11.3 Å². The molecule has 124 valence electrons. The first-order chi connectivity index (χ1) is 11.1. The fourth-order valence-corrected chi connectivity index (χ4v) is 2.83. The van der Waals surface area contributed by atoms with E-state index in [2.05, 4.69) is 26.5 Å². The minimum atomic E-state index is -0.454. The maximum Gasteiger partial charge on any atom is 0.260 e. The average Bonchev–Trinajstić information content (AvgIpc) is 2.95. The number of benzene rings is 1. The summed E-state index contributed by atoms with van der Waals surface area (Å²) in [5.41, 5.74) is 6.10. The van der Waals surface area contributed by atoms with Crippen LogP contribution in [0, 0.1) is 0 Å². The molecule has 1 amide bonds. The number of hydrogen-bond acceptors (Lipinski definition) is 6. The molecular formula is C14H19N5O2S2. The van der Waals surface area contributed by atoms with Crippen LogP contribution in [0.15, 0.2) is 24.3 Å². The van der Waals surface area contributed by atoms with Crippen LogP contribution in [0.2, 0.25) is 0 Å². The van der Waals surface area contributed by atoms with Crippen LogP contribution in [-0.2, 0) is 9.53 Å². The lowest BCUT2D eigenvalue weighted by Crippen LogP contribution is -2.51. The Labute approximate surface area is 143 Å². The van der Waals surface area contributed by atoms with Crippen LogP contribution in [-0.4, -0.2) is 42.3 Å². The molecule has 0 radical (unpaired) electrons. The molecule has 0 unspecified atom stereocenters. The second-order valence-electron chi connectivity index (χ2n) is 4.72. The lowest BCUT2D eigenvalue weighted by molar-refractivity contribution is -0.122. The summed E-state index contributed by atoms with van der Waals surface area (Å²) in [6, 6.07) is 7.37. The molecule has 2 rings (SSSR count). The normalized spacial score (nSPS) is 11.7. The number of hydrogen-bond donors (Lipinski definition) is 4. The first kappa shape index (κ1) is 17.4. The Morgan fingerprint density at radius 1 is 1.39 bits per heavy atom. The van der Waals surface area contributed by atoms with Crippen LogP contribution in [0.1, 0.15) is 6.92 Å². The second-order valence-corrected chi connectivity index (χ2v) is 6.15. The Hall–Kier alpha value is -1.97. The molecule has 1 aromatic heterocycles. The van der Waals surface area contributed by atoms with E-state index in [1.807, 2.05) is 24.3 Å². The van der Waals surface area contributed by atoms with Gasteiger partial charge in [-0.25, -0.2) is 4.98 Å². The van der Waals surface area contributed by atoms with Gasteiger partial charge in [-0.05, 0) is 31.3 Å². The number of amides is 1. The van der Waals surface area contributed by atoms with Gasteiger partial charge in [0.1, 0.15) is 6.04 Å². The summed E-state index contributed by atoms with van der Waals surface area (Å²) < 4.78 is 5.97. The van der Waals surface area contributed by atoms with E-state index in [1.54, 1.807) is 14.0 Å². The van der Waals surface area contributed by atoms with E-state index in [-0.39, 0.29) is 5.91 Å². The summed E-state index contributed by atoms with van der Waals surface area (Å²) in [5.74, 6) is -0.236. The number of rotatable bonds is 6. The number of nitrogens with one attached hydrogen (secondary N) is 4. The monoisotopic (exact) mass is 353 g/mol. The number of para-hydroxylation sites is 1. The first-order valence-corrected chi connectivity index (χ1v) is 8.27. The number of fused-ring (bicyclic) bond motifs is 1. The third-order valence-corrected chi connectivity index (χ3v) is 4.13. The smallest absolute Gasteiger partial charge is 0.260 e. The largest absolute Gasteiger partial charge is 0.383 e. The summed E-state index contributed by atoms with van der Waals surface area (Å²) >= 11 is 6.53. The standard InChI is InChI=1S/C14H19N5O2S2/c1-9(12(20)18-19-13(22)15-7-8-21-2)16-14-17-10-5-3-4-6-11(10)23-14/h3-6,9H,7-8H2,1-2H3,(H,16,17)(H,18,20)(H2,15,19,22)/t9-/m1/s1. The number of hydrazine groups is 1. The van der Waals surface area contributed by atoms with Gasteiger partial charge >= 0.3 is 0 Å². The van der Waals surface area contributed by atoms with Gasteiger partial charge < -0.3 is 15.4 Å². The number of nitrogens with zero attached hydrogens (tertiary/aromatic N) is 1. The van der Waals surface area contributed by atoms with Gasteiger partial charge in [0.05, 0.1) is 16.8 Å². The second kappa shape index (κ2) is 8.61. The fraction of sp³-hybridized carbons (Fsp3) is 0.357. The molecule has 0 spiro atoms. The highest BCUT2D eigenvalue weighted by molar-refractivity contribution is 7.80. The SMILES string of the molecule is COCCNC(=S)NNC(=O)[C@@H](C)Nc1nc2ccccc2s1. The van der Waals surface area contributed by atoms with Gasteiger partial charge in [-0.2, -0.15) is 0 Å². The zero-order valence-electron chi connectivity index (χ0n) is 12.9. The van der Waals surface area contributed by atoms with Crippen LogP contribution in [0.3, 0.4) is 0 Å². The van der Waals surface area contributed by atoms with Gasteiger partial charge in [-0.1, -0.05) is 23.5 Å². The van der Waals surface area contributed by atoms with Gasteiger partial charge in [-0.15, -0.1) is 0 Å². The van der Waals surface area contributed by atoms with Crippen molar-refractivity contribution in [3.8, 4) is 0 Å². The summed E-state index contributed by atoms with van der Waals surface area (Å²) in [4.78, 5) is 16.5. The van der Waals surface area contributed by atoms with E-state index in [0.29, 0.717) is 23.4 Å². The highest BCUT2D eigenvalue weighted by Crippen LogP contribution is 2.25. The Morgan fingerprint density at radius 3 is 2.91 bits per heavy atom. The molecule has 9 heteroatoms. The zero-order chi connectivity index (χ0) is 16.7. The minimum absolute atomic E-state index is 0.236. The molecule has 0 aliphatic rings. The summed E-state index contributed by atoms with van der Waals surface area (Å²) in [5, 5.41) is 7.01. The van der Waals surface area contributed by atoms with Crippen LogP contribution < -0.4 is 21.5 Å². The minimum Gasteiger partial charge on any atom is -0.383 e. The summed E-state index contributed by atoms with van der Waals surface area (Å²) in [7, 11) is 1.61. The molecular weight excluding hydrogens is 334 g/mol. The third-order valence-electron chi connectivity index (χ3n) is 2.92. The number of thiocarbonyl (C=S) groups is 1. The highest BCUT2D eigenvalue weighted by atomic mass is 32.1. The number of ether oxygens (including phenoxy) is 1. The van der Waals surface area contributed by atoms with Gasteiger partial charge in [0.25, 0.3) is 5.91 Å². The van der Waals surface area contributed by atoms with Crippen molar-refractivity contribution in [3.05, 3.63) is 24.3 Å². The molecule has 1 aromatic carbocycles. The van der Waals surface area contributed by atoms with E-state index in [0.717, 1.165) is 10.2 Å². The number of carbonyl (C=O) groups is 1. The quantitative estimate of drug-likeness (QED) is 0.353. The number of anilines is 1. The third kappa shape index (κ3) is 5.31. The lowest BCUT2D eigenvalue weighted by Gasteiger charge is -2.15. The summed E-state index contributed by atoms with van der Waals surface area (Å²) in [6.07, 6.45) is 0. The molecule has 1 atom stereocenters.